The molecular formula is C18H13ClN4OS. The largest absolute Gasteiger partial charge is 0.345 e. The lowest BCUT2D eigenvalue weighted by atomic mass is 10.3. The number of fused-ring (bicyclic) bond motifs is 1. The van der Waals surface area contributed by atoms with Crippen LogP contribution in [0.3, 0.4) is 0 Å². The Balaban J connectivity index is 1.46. The molecule has 1 amide bonds. The van der Waals surface area contributed by atoms with Gasteiger partial charge in [-0.3, -0.25) is 4.79 Å². The molecule has 7 heteroatoms. The molecule has 4 rings (SSSR count). The summed E-state index contributed by atoms with van der Waals surface area (Å²) in [6, 6.07) is 15.2. The highest BCUT2D eigenvalue weighted by Gasteiger charge is 2.11. The van der Waals surface area contributed by atoms with Crippen LogP contribution in [0.15, 0.2) is 60.9 Å². The van der Waals surface area contributed by atoms with E-state index in [2.05, 4.69) is 15.4 Å². The van der Waals surface area contributed by atoms with Gasteiger partial charge in [0.1, 0.15) is 5.01 Å². The van der Waals surface area contributed by atoms with Crippen LogP contribution in [0.4, 0.5) is 0 Å². The van der Waals surface area contributed by atoms with Gasteiger partial charge in [0.25, 0.3) is 5.91 Å². The Bertz CT molecular complexity index is 1020. The van der Waals surface area contributed by atoms with Crippen molar-refractivity contribution in [2.24, 2.45) is 0 Å². The van der Waals surface area contributed by atoms with Gasteiger partial charge in [0.05, 0.1) is 34.2 Å². The summed E-state index contributed by atoms with van der Waals surface area (Å²) >= 11 is 7.57. The maximum Gasteiger partial charge on any atom is 0.254 e. The van der Waals surface area contributed by atoms with Crippen molar-refractivity contribution in [2.45, 2.75) is 6.54 Å². The maximum absolute atomic E-state index is 12.3. The van der Waals surface area contributed by atoms with Crippen LogP contribution in [0, 0.1) is 0 Å². The smallest absolute Gasteiger partial charge is 0.254 e. The number of amides is 1. The number of aromatic nitrogens is 3. The van der Waals surface area contributed by atoms with Crippen LogP contribution >= 0.6 is 22.9 Å². The van der Waals surface area contributed by atoms with E-state index in [-0.39, 0.29) is 5.91 Å². The van der Waals surface area contributed by atoms with Crippen molar-refractivity contribution >= 4 is 39.1 Å². The zero-order valence-electron chi connectivity index (χ0n) is 13.0. The molecule has 0 bridgehead atoms. The first kappa shape index (κ1) is 15.8. The monoisotopic (exact) mass is 368 g/mol. The summed E-state index contributed by atoms with van der Waals surface area (Å²) in [7, 11) is 0. The third kappa shape index (κ3) is 3.40. The molecule has 25 heavy (non-hydrogen) atoms. The first-order valence-electron chi connectivity index (χ1n) is 7.62. The third-order valence-corrected chi connectivity index (χ3v) is 4.93. The fraction of sp³-hybridized carbons (Fsp3) is 0.0556. The predicted molar refractivity (Wildman–Crippen MR) is 99.4 cm³/mol. The van der Waals surface area contributed by atoms with E-state index in [1.807, 2.05) is 36.4 Å². The summed E-state index contributed by atoms with van der Waals surface area (Å²) in [6.07, 6.45) is 3.22. The Morgan fingerprint density at radius 1 is 1.20 bits per heavy atom. The second-order valence-corrected chi connectivity index (χ2v) is 6.96. The predicted octanol–water partition coefficient (Wildman–Crippen LogP) is 4.07. The Morgan fingerprint density at radius 2 is 2.08 bits per heavy atom. The minimum Gasteiger partial charge on any atom is -0.345 e. The first-order chi connectivity index (χ1) is 12.2. The number of carbonyl (C=O) groups excluding carboxylic acids is 1. The van der Waals surface area contributed by atoms with Crippen molar-refractivity contribution in [1.29, 1.82) is 0 Å². The second kappa shape index (κ2) is 6.66. The van der Waals surface area contributed by atoms with Gasteiger partial charge in [-0.2, -0.15) is 5.10 Å². The number of hydrogen-bond acceptors (Lipinski definition) is 4. The quantitative estimate of drug-likeness (QED) is 0.590. The van der Waals surface area contributed by atoms with Gasteiger partial charge in [-0.25, -0.2) is 9.67 Å². The summed E-state index contributed by atoms with van der Waals surface area (Å²) in [4.78, 5) is 16.8. The van der Waals surface area contributed by atoms with Crippen LogP contribution in [0.2, 0.25) is 5.02 Å². The van der Waals surface area contributed by atoms with Gasteiger partial charge in [-0.1, -0.05) is 29.8 Å². The molecule has 0 spiro atoms. The standard InChI is InChI=1S/C18H13ClN4OS/c19-13-4-3-5-14(8-13)23-11-12(9-21-23)18(24)20-10-17-22-15-6-1-2-7-16(15)25-17/h1-9,11H,10H2,(H,20,24). The molecule has 5 nitrogen and oxygen atoms in total. The van der Waals surface area contributed by atoms with Crippen LogP contribution < -0.4 is 5.32 Å². The maximum atomic E-state index is 12.3. The van der Waals surface area contributed by atoms with Crippen molar-refractivity contribution in [2.75, 3.05) is 0 Å². The first-order valence-corrected chi connectivity index (χ1v) is 8.82. The van der Waals surface area contributed by atoms with Gasteiger partial charge in [0, 0.05) is 11.2 Å². The molecule has 0 saturated heterocycles. The van der Waals surface area contributed by atoms with Gasteiger partial charge in [0.15, 0.2) is 0 Å². The Kier molecular flexibility index (Phi) is 4.21. The molecule has 2 heterocycles. The zero-order chi connectivity index (χ0) is 17.2. The highest BCUT2D eigenvalue weighted by atomic mass is 35.5. The van der Waals surface area contributed by atoms with Gasteiger partial charge < -0.3 is 5.32 Å². The fourth-order valence-electron chi connectivity index (χ4n) is 2.45. The highest BCUT2D eigenvalue weighted by molar-refractivity contribution is 7.18. The number of rotatable bonds is 4. The van der Waals surface area contributed by atoms with Crippen molar-refractivity contribution in [3.8, 4) is 5.69 Å². The molecule has 0 aliphatic carbocycles. The van der Waals surface area contributed by atoms with E-state index < -0.39 is 0 Å². The van der Waals surface area contributed by atoms with E-state index in [4.69, 9.17) is 11.6 Å². The SMILES string of the molecule is O=C(NCc1nc2ccccc2s1)c1cnn(-c2cccc(Cl)c2)c1. The molecule has 0 fully saturated rings. The Morgan fingerprint density at radius 3 is 2.92 bits per heavy atom. The molecule has 0 aliphatic rings. The molecule has 0 saturated carbocycles. The molecule has 0 aliphatic heterocycles. The number of nitrogens with one attached hydrogen (secondary N) is 1. The van der Waals surface area contributed by atoms with Crippen LogP contribution in [0.1, 0.15) is 15.4 Å². The summed E-state index contributed by atoms with van der Waals surface area (Å²) in [5.74, 6) is -0.187. The fourth-order valence-corrected chi connectivity index (χ4v) is 3.54. The van der Waals surface area contributed by atoms with Crippen LogP contribution in [0.25, 0.3) is 15.9 Å². The molecular weight excluding hydrogens is 356 g/mol. The second-order valence-electron chi connectivity index (χ2n) is 5.41. The summed E-state index contributed by atoms with van der Waals surface area (Å²) in [6.45, 7) is 0.389. The van der Waals surface area contributed by atoms with E-state index in [1.165, 1.54) is 6.20 Å². The number of hydrogen-bond donors (Lipinski definition) is 1. The minimum atomic E-state index is -0.187. The van der Waals surface area contributed by atoms with Crippen molar-refractivity contribution in [3.63, 3.8) is 0 Å². The van der Waals surface area contributed by atoms with Crippen LogP contribution in [0.5, 0.6) is 0 Å². The van der Waals surface area contributed by atoms with E-state index >= 15 is 0 Å². The molecule has 4 aromatic rings. The van der Waals surface area contributed by atoms with Crippen molar-refractivity contribution < 1.29 is 4.79 Å². The molecule has 0 unspecified atom stereocenters. The Hall–Kier alpha value is -2.70. The van der Waals surface area contributed by atoms with E-state index in [0.29, 0.717) is 17.1 Å². The summed E-state index contributed by atoms with van der Waals surface area (Å²) in [5.41, 5.74) is 2.24. The molecule has 124 valence electrons. The lowest BCUT2D eigenvalue weighted by molar-refractivity contribution is 0.0951. The lowest BCUT2D eigenvalue weighted by Gasteiger charge is -2.01. The molecule has 2 aromatic heterocycles. The zero-order valence-corrected chi connectivity index (χ0v) is 14.6. The van der Waals surface area contributed by atoms with Gasteiger partial charge >= 0.3 is 0 Å². The molecule has 2 aromatic carbocycles. The molecule has 0 radical (unpaired) electrons. The number of para-hydroxylation sites is 1. The molecule has 0 atom stereocenters. The summed E-state index contributed by atoms with van der Waals surface area (Å²) in [5, 5.41) is 8.60. The third-order valence-electron chi connectivity index (χ3n) is 3.66. The van der Waals surface area contributed by atoms with E-state index in [0.717, 1.165) is 20.9 Å². The minimum absolute atomic E-state index is 0.187. The molecule has 1 N–H and O–H groups in total. The number of halogens is 1. The average molecular weight is 369 g/mol. The Labute approximate surface area is 152 Å². The number of thiazole rings is 1. The van der Waals surface area contributed by atoms with Crippen LogP contribution in [-0.2, 0) is 6.54 Å². The number of benzene rings is 2. The topological polar surface area (TPSA) is 59.8 Å². The number of carbonyl (C=O) groups is 1. The van der Waals surface area contributed by atoms with Gasteiger partial charge in [-0.15, -0.1) is 11.3 Å². The number of nitrogens with zero attached hydrogens (tertiary/aromatic N) is 3. The van der Waals surface area contributed by atoms with Crippen LogP contribution in [-0.4, -0.2) is 20.7 Å². The normalized spacial score (nSPS) is 10.9. The van der Waals surface area contributed by atoms with Crippen molar-refractivity contribution in [1.82, 2.24) is 20.1 Å². The lowest BCUT2D eigenvalue weighted by Crippen LogP contribution is -2.22. The summed E-state index contributed by atoms with van der Waals surface area (Å²) < 4.78 is 2.74. The van der Waals surface area contributed by atoms with Crippen molar-refractivity contribution in [3.05, 3.63) is 76.5 Å². The van der Waals surface area contributed by atoms with Gasteiger partial charge in [0.2, 0.25) is 0 Å². The van der Waals surface area contributed by atoms with E-state index in [9.17, 15) is 4.79 Å². The highest BCUT2D eigenvalue weighted by Crippen LogP contribution is 2.21. The van der Waals surface area contributed by atoms with E-state index in [1.54, 1.807) is 34.3 Å². The average Bonchev–Trinajstić information content (AvgIpc) is 3.26. The van der Waals surface area contributed by atoms with Gasteiger partial charge in [-0.05, 0) is 30.3 Å².